The van der Waals surface area contributed by atoms with Gasteiger partial charge >= 0.3 is 0 Å². The van der Waals surface area contributed by atoms with Gasteiger partial charge in [-0.3, -0.25) is 4.79 Å². The lowest BCUT2D eigenvalue weighted by Crippen LogP contribution is -2.38. The van der Waals surface area contributed by atoms with Crippen molar-refractivity contribution < 1.29 is 4.79 Å². The Morgan fingerprint density at radius 3 is 2.52 bits per heavy atom. The number of thiocarbonyl (C=S) groups is 1. The molecule has 0 saturated heterocycles. The third kappa shape index (κ3) is 4.03. The first-order valence-electron chi connectivity index (χ1n) is 7.69. The molecule has 1 aromatic rings. The van der Waals surface area contributed by atoms with E-state index in [1.807, 2.05) is 24.3 Å². The van der Waals surface area contributed by atoms with Crippen molar-refractivity contribution in [1.29, 1.82) is 0 Å². The van der Waals surface area contributed by atoms with Crippen LogP contribution in [0.1, 0.15) is 44.2 Å². The Kier molecular flexibility index (Phi) is 5.34. The van der Waals surface area contributed by atoms with E-state index in [2.05, 4.69) is 19.2 Å². The normalized spacial score (nSPS) is 24.8. The number of nitrogens with two attached hydrogens (primary N) is 1. The van der Waals surface area contributed by atoms with Crippen molar-refractivity contribution in [2.45, 2.75) is 45.6 Å². The minimum atomic E-state index is 0.103. The molecular formula is C17H24N2OS. The second kappa shape index (κ2) is 7.03. The van der Waals surface area contributed by atoms with Crippen LogP contribution in [-0.4, -0.2) is 16.9 Å². The zero-order valence-electron chi connectivity index (χ0n) is 12.8. The summed E-state index contributed by atoms with van der Waals surface area (Å²) in [5, 5.41) is 3.19. The molecule has 0 radical (unpaired) electrons. The maximum Gasteiger partial charge on any atom is 0.224 e. The largest absolute Gasteiger partial charge is 0.389 e. The smallest absolute Gasteiger partial charge is 0.224 e. The molecule has 1 amide bonds. The molecule has 114 valence electrons. The summed E-state index contributed by atoms with van der Waals surface area (Å²) in [5.41, 5.74) is 7.40. The van der Waals surface area contributed by atoms with Crippen molar-refractivity contribution in [1.82, 2.24) is 5.32 Å². The lowest BCUT2D eigenvalue weighted by atomic mass is 9.93. The molecule has 3 nitrogen and oxygen atoms in total. The lowest BCUT2D eigenvalue weighted by molar-refractivity contribution is -0.121. The van der Waals surface area contributed by atoms with E-state index in [1.54, 1.807) is 0 Å². The average molecular weight is 304 g/mol. The molecule has 0 aliphatic heterocycles. The van der Waals surface area contributed by atoms with E-state index >= 15 is 0 Å². The fraction of sp³-hybridized carbons (Fsp3) is 0.529. The van der Waals surface area contributed by atoms with Gasteiger partial charge in [0.1, 0.15) is 4.99 Å². The average Bonchev–Trinajstić information content (AvgIpc) is 2.80. The zero-order valence-corrected chi connectivity index (χ0v) is 13.6. The van der Waals surface area contributed by atoms with Gasteiger partial charge in [-0.2, -0.15) is 0 Å². The van der Waals surface area contributed by atoms with E-state index in [1.165, 1.54) is 12.8 Å². The Morgan fingerprint density at radius 1 is 1.33 bits per heavy atom. The fourth-order valence-corrected chi connectivity index (χ4v) is 3.39. The minimum absolute atomic E-state index is 0.103. The van der Waals surface area contributed by atoms with E-state index in [-0.39, 0.29) is 5.91 Å². The number of amides is 1. The number of carbonyl (C=O) groups excluding carboxylic acids is 1. The second-order valence-corrected chi connectivity index (χ2v) is 6.46. The quantitative estimate of drug-likeness (QED) is 0.823. The molecule has 21 heavy (non-hydrogen) atoms. The first-order valence-corrected chi connectivity index (χ1v) is 8.10. The Balaban J connectivity index is 1.88. The van der Waals surface area contributed by atoms with Crippen LogP contribution in [0.2, 0.25) is 0 Å². The molecule has 0 spiro atoms. The summed E-state index contributed by atoms with van der Waals surface area (Å²) in [6, 6.07) is 7.91. The van der Waals surface area contributed by atoms with Crippen LogP contribution in [0.15, 0.2) is 24.3 Å². The van der Waals surface area contributed by atoms with Crippen LogP contribution in [0.25, 0.3) is 0 Å². The Hall–Kier alpha value is -1.42. The molecule has 1 fully saturated rings. The van der Waals surface area contributed by atoms with Crippen LogP contribution < -0.4 is 11.1 Å². The predicted octanol–water partition coefficient (Wildman–Crippen LogP) is 2.80. The van der Waals surface area contributed by atoms with Gasteiger partial charge in [0.15, 0.2) is 0 Å². The SMILES string of the molecule is CCC1CCC(NC(=O)Cc2ccc(C(N)=S)cc2)C1C. The summed E-state index contributed by atoms with van der Waals surface area (Å²) < 4.78 is 0. The predicted molar refractivity (Wildman–Crippen MR) is 90.1 cm³/mol. The lowest BCUT2D eigenvalue weighted by Gasteiger charge is -2.21. The molecule has 1 aromatic carbocycles. The summed E-state index contributed by atoms with van der Waals surface area (Å²) in [4.78, 5) is 12.6. The minimum Gasteiger partial charge on any atom is -0.389 e. The monoisotopic (exact) mass is 304 g/mol. The summed E-state index contributed by atoms with van der Waals surface area (Å²) in [6.45, 7) is 4.48. The van der Waals surface area contributed by atoms with Crippen molar-refractivity contribution in [3.8, 4) is 0 Å². The van der Waals surface area contributed by atoms with Gasteiger partial charge in [0.25, 0.3) is 0 Å². The number of carbonyl (C=O) groups is 1. The van der Waals surface area contributed by atoms with Gasteiger partial charge in [-0.15, -0.1) is 0 Å². The van der Waals surface area contributed by atoms with Crippen molar-refractivity contribution >= 4 is 23.1 Å². The van der Waals surface area contributed by atoms with Crippen LogP contribution in [0, 0.1) is 11.8 Å². The Labute approximate surface area is 132 Å². The van der Waals surface area contributed by atoms with E-state index < -0.39 is 0 Å². The zero-order chi connectivity index (χ0) is 15.4. The third-order valence-electron chi connectivity index (χ3n) is 4.70. The molecule has 0 heterocycles. The standard InChI is InChI=1S/C17H24N2OS/c1-3-13-8-9-15(11(13)2)19-16(20)10-12-4-6-14(7-5-12)17(18)21/h4-7,11,13,15H,3,8-10H2,1-2H3,(H2,18,21)(H,19,20). The summed E-state index contributed by atoms with van der Waals surface area (Å²) in [5.74, 6) is 1.43. The molecule has 1 aliphatic carbocycles. The Morgan fingerprint density at radius 2 is 2.00 bits per heavy atom. The van der Waals surface area contributed by atoms with E-state index in [0.717, 1.165) is 23.5 Å². The van der Waals surface area contributed by atoms with E-state index in [4.69, 9.17) is 18.0 Å². The van der Waals surface area contributed by atoms with E-state index in [9.17, 15) is 4.79 Å². The number of rotatable bonds is 5. The number of hydrogen-bond donors (Lipinski definition) is 2. The molecule has 1 aliphatic rings. The molecule has 2 rings (SSSR count). The van der Waals surface area contributed by atoms with Crippen molar-refractivity contribution in [3.63, 3.8) is 0 Å². The van der Waals surface area contributed by atoms with Gasteiger partial charge in [0.05, 0.1) is 6.42 Å². The van der Waals surface area contributed by atoms with Crippen LogP contribution in [0.5, 0.6) is 0 Å². The molecule has 4 heteroatoms. The van der Waals surface area contributed by atoms with E-state index in [0.29, 0.717) is 23.4 Å². The number of hydrogen-bond acceptors (Lipinski definition) is 2. The van der Waals surface area contributed by atoms with Crippen molar-refractivity contribution in [2.75, 3.05) is 0 Å². The van der Waals surface area contributed by atoms with Gasteiger partial charge in [0, 0.05) is 11.6 Å². The van der Waals surface area contributed by atoms with Crippen LogP contribution in [-0.2, 0) is 11.2 Å². The number of benzene rings is 1. The maximum absolute atomic E-state index is 12.2. The highest BCUT2D eigenvalue weighted by Gasteiger charge is 2.32. The van der Waals surface area contributed by atoms with Crippen molar-refractivity contribution in [3.05, 3.63) is 35.4 Å². The fourth-order valence-electron chi connectivity index (χ4n) is 3.26. The highest BCUT2D eigenvalue weighted by molar-refractivity contribution is 7.80. The van der Waals surface area contributed by atoms with Crippen molar-refractivity contribution in [2.24, 2.45) is 17.6 Å². The molecule has 0 bridgehead atoms. The Bertz CT molecular complexity index is 512. The summed E-state index contributed by atoms with van der Waals surface area (Å²) in [6.07, 6.45) is 3.95. The van der Waals surface area contributed by atoms with Gasteiger partial charge < -0.3 is 11.1 Å². The second-order valence-electron chi connectivity index (χ2n) is 6.02. The highest BCUT2D eigenvalue weighted by Crippen LogP contribution is 2.33. The molecule has 3 N–H and O–H groups in total. The molecular weight excluding hydrogens is 280 g/mol. The molecule has 3 atom stereocenters. The van der Waals surface area contributed by atoms with Gasteiger partial charge in [-0.05, 0) is 30.2 Å². The van der Waals surface area contributed by atoms with Crippen LogP contribution >= 0.6 is 12.2 Å². The third-order valence-corrected chi connectivity index (χ3v) is 4.94. The van der Waals surface area contributed by atoms with Gasteiger partial charge in [0.2, 0.25) is 5.91 Å². The van der Waals surface area contributed by atoms with Crippen LogP contribution in [0.4, 0.5) is 0 Å². The first kappa shape index (κ1) is 16.0. The maximum atomic E-state index is 12.2. The van der Waals surface area contributed by atoms with Gasteiger partial charge in [-0.1, -0.05) is 56.8 Å². The first-order chi connectivity index (χ1) is 10.0. The number of nitrogens with one attached hydrogen (secondary N) is 1. The van der Waals surface area contributed by atoms with Crippen LogP contribution in [0.3, 0.4) is 0 Å². The highest BCUT2D eigenvalue weighted by atomic mass is 32.1. The molecule has 3 unspecified atom stereocenters. The molecule has 1 saturated carbocycles. The summed E-state index contributed by atoms with van der Waals surface area (Å²) in [7, 11) is 0. The van der Waals surface area contributed by atoms with Gasteiger partial charge in [-0.25, -0.2) is 0 Å². The topological polar surface area (TPSA) is 55.1 Å². The molecule has 0 aromatic heterocycles. The summed E-state index contributed by atoms with van der Waals surface area (Å²) >= 11 is 4.92.